The summed E-state index contributed by atoms with van der Waals surface area (Å²) in [5.41, 5.74) is 0. The fraction of sp³-hybridized carbons (Fsp3) is 0.538. The molecule has 0 aromatic carbocycles. The van der Waals surface area contributed by atoms with E-state index in [-0.39, 0.29) is 24.3 Å². The first-order valence-corrected chi connectivity index (χ1v) is 6.30. The number of carbonyl (C=O) groups is 2. The lowest BCUT2D eigenvalue weighted by atomic mass is 9.82. The van der Waals surface area contributed by atoms with Gasteiger partial charge in [0, 0.05) is 13.6 Å². The van der Waals surface area contributed by atoms with Crippen molar-refractivity contribution in [2.75, 3.05) is 20.1 Å². The summed E-state index contributed by atoms with van der Waals surface area (Å²) in [4.78, 5) is 24.9. The average Bonchev–Trinajstić information content (AvgIpc) is 2.87. The molecule has 0 bridgehead atoms. The van der Waals surface area contributed by atoms with Crippen LogP contribution in [0.4, 0.5) is 0 Å². The first-order chi connectivity index (χ1) is 9.06. The lowest BCUT2D eigenvalue weighted by molar-refractivity contribution is -0.130. The minimum atomic E-state index is -0.397. The Kier molecular flexibility index (Phi) is 4.21. The second kappa shape index (κ2) is 5.88. The molecule has 0 spiro atoms. The smallest absolute Gasteiger partial charge is 0.287 e. The van der Waals surface area contributed by atoms with Gasteiger partial charge < -0.3 is 19.7 Å². The molecule has 2 N–H and O–H groups in total. The Balaban J connectivity index is 1.70. The van der Waals surface area contributed by atoms with Gasteiger partial charge in [0.25, 0.3) is 5.91 Å². The van der Waals surface area contributed by atoms with Crippen LogP contribution in [0.3, 0.4) is 0 Å². The first kappa shape index (κ1) is 13.6. The topological polar surface area (TPSA) is 82.8 Å². The SMILES string of the molecule is CN(CC1CC(O)C1)C(=O)CNC(=O)c1ccco1. The van der Waals surface area contributed by atoms with E-state index < -0.39 is 5.91 Å². The molecule has 6 heteroatoms. The molecule has 19 heavy (non-hydrogen) atoms. The number of rotatable bonds is 5. The predicted octanol–water partition coefficient (Wildman–Crippen LogP) is 0.239. The van der Waals surface area contributed by atoms with E-state index in [9.17, 15) is 14.7 Å². The fourth-order valence-electron chi connectivity index (χ4n) is 2.12. The molecular formula is C13H18N2O4. The van der Waals surface area contributed by atoms with E-state index >= 15 is 0 Å². The summed E-state index contributed by atoms with van der Waals surface area (Å²) >= 11 is 0. The molecule has 1 aromatic rings. The number of nitrogens with zero attached hydrogens (tertiary/aromatic N) is 1. The number of carbonyl (C=O) groups excluding carboxylic acids is 2. The maximum Gasteiger partial charge on any atom is 0.287 e. The van der Waals surface area contributed by atoms with Crippen molar-refractivity contribution < 1.29 is 19.1 Å². The third kappa shape index (κ3) is 3.57. The minimum Gasteiger partial charge on any atom is -0.459 e. The average molecular weight is 266 g/mol. The van der Waals surface area contributed by atoms with E-state index in [1.807, 2.05) is 0 Å². The third-order valence-electron chi connectivity index (χ3n) is 3.31. The molecule has 1 fully saturated rings. The molecule has 0 unspecified atom stereocenters. The van der Waals surface area contributed by atoms with E-state index in [0.29, 0.717) is 12.5 Å². The summed E-state index contributed by atoms with van der Waals surface area (Å²) in [5.74, 6) is 0.00871. The first-order valence-electron chi connectivity index (χ1n) is 6.30. The van der Waals surface area contributed by atoms with Gasteiger partial charge in [-0.2, -0.15) is 0 Å². The highest BCUT2D eigenvalue weighted by atomic mass is 16.3. The Morgan fingerprint density at radius 1 is 1.53 bits per heavy atom. The lowest BCUT2D eigenvalue weighted by Gasteiger charge is -2.34. The summed E-state index contributed by atoms with van der Waals surface area (Å²) in [6, 6.07) is 3.16. The monoisotopic (exact) mass is 266 g/mol. The van der Waals surface area contributed by atoms with Gasteiger partial charge in [-0.15, -0.1) is 0 Å². The van der Waals surface area contributed by atoms with Gasteiger partial charge in [0.1, 0.15) is 0 Å². The van der Waals surface area contributed by atoms with Crippen molar-refractivity contribution in [3.8, 4) is 0 Å². The number of nitrogens with one attached hydrogen (secondary N) is 1. The van der Waals surface area contributed by atoms with Gasteiger partial charge in [0.2, 0.25) is 5.91 Å². The minimum absolute atomic E-state index is 0.0503. The number of hydrogen-bond acceptors (Lipinski definition) is 4. The van der Waals surface area contributed by atoms with Crippen LogP contribution >= 0.6 is 0 Å². The number of aliphatic hydroxyl groups is 1. The zero-order chi connectivity index (χ0) is 13.8. The molecule has 2 amide bonds. The van der Waals surface area contributed by atoms with Gasteiger partial charge in [0.15, 0.2) is 5.76 Å². The highest BCUT2D eigenvalue weighted by Crippen LogP contribution is 2.27. The van der Waals surface area contributed by atoms with Crippen molar-refractivity contribution in [3.63, 3.8) is 0 Å². The molecule has 0 atom stereocenters. The fourth-order valence-corrected chi connectivity index (χ4v) is 2.12. The van der Waals surface area contributed by atoms with E-state index in [0.717, 1.165) is 12.8 Å². The van der Waals surface area contributed by atoms with Gasteiger partial charge in [0.05, 0.1) is 18.9 Å². The summed E-state index contributed by atoms with van der Waals surface area (Å²) in [6.45, 7) is 0.567. The Morgan fingerprint density at radius 2 is 2.26 bits per heavy atom. The summed E-state index contributed by atoms with van der Waals surface area (Å²) in [7, 11) is 1.70. The van der Waals surface area contributed by atoms with Gasteiger partial charge in [-0.3, -0.25) is 9.59 Å². The number of likely N-dealkylation sites (N-methyl/N-ethyl adjacent to an activating group) is 1. The van der Waals surface area contributed by atoms with Crippen LogP contribution in [0.15, 0.2) is 22.8 Å². The van der Waals surface area contributed by atoms with Crippen LogP contribution in [0.2, 0.25) is 0 Å². The van der Waals surface area contributed by atoms with E-state index in [1.165, 1.54) is 6.26 Å². The van der Waals surface area contributed by atoms with E-state index in [2.05, 4.69) is 5.32 Å². The maximum atomic E-state index is 11.8. The Labute approximate surface area is 111 Å². The summed E-state index contributed by atoms with van der Waals surface area (Å²) < 4.78 is 4.93. The lowest BCUT2D eigenvalue weighted by Crippen LogP contribution is -2.43. The van der Waals surface area contributed by atoms with Crippen LogP contribution in [-0.4, -0.2) is 48.1 Å². The highest BCUT2D eigenvalue weighted by molar-refractivity contribution is 5.94. The molecule has 1 aliphatic rings. The Hall–Kier alpha value is -1.82. The number of amides is 2. The second-order valence-electron chi connectivity index (χ2n) is 4.93. The van der Waals surface area contributed by atoms with Gasteiger partial charge >= 0.3 is 0 Å². The van der Waals surface area contributed by atoms with Crippen LogP contribution < -0.4 is 5.32 Å². The van der Waals surface area contributed by atoms with E-state index in [1.54, 1.807) is 24.1 Å². The van der Waals surface area contributed by atoms with Gasteiger partial charge in [-0.1, -0.05) is 0 Å². The number of furan rings is 1. The highest BCUT2D eigenvalue weighted by Gasteiger charge is 2.29. The number of aliphatic hydroxyl groups excluding tert-OH is 1. The predicted molar refractivity (Wildman–Crippen MR) is 67.4 cm³/mol. The summed E-state index contributed by atoms with van der Waals surface area (Å²) in [6.07, 6.45) is 2.68. The van der Waals surface area contributed by atoms with Crippen molar-refractivity contribution in [1.29, 1.82) is 0 Å². The molecule has 1 saturated carbocycles. The van der Waals surface area contributed by atoms with Crippen LogP contribution in [-0.2, 0) is 4.79 Å². The van der Waals surface area contributed by atoms with Crippen LogP contribution in [0.5, 0.6) is 0 Å². The van der Waals surface area contributed by atoms with Crippen molar-refractivity contribution in [2.24, 2.45) is 5.92 Å². The normalized spacial score (nSPS) is 21.6. The molecule has 0 saturated heterocycles. The van der Waals surface area contributed by atoms with Crippen molar-refractivity contribution in [2.45, 2.75) is 18.9 Å². The molecule has 2 rings (SSSR count). The van der Waals surface area contributed by atoms with Crippen molar-refractivity contribution in [1.82, 2.24) is 10.2 Å². The molecule has 104 valence electrons. The Bertz CT molecular complexity index is 438. The summed E-state index contributed by atoms with van der Waals surface area (Å²) in [5, 5.41) is 11.7. The van der Waals surface area contributed by atoms with Crippen molar-refractivity contribution in [3.05, 3.63) is 24.2 Å². The zero-order valence-electron chi connectivity index (χ0n) is 10.8. The van der Waals surface area contributed by atoms with Gasteiger partial charge in [-0.05, 0) is 30.9 Å². The standard InChI is InChI=1S/C13H18N2O4/c1-15(8-9-5-10(16)6-9)12(17)7-14-13(18)11-3-2-4-19-11/h2-4,9-10,16H,5-8H2,1H3,(H,14,18). The molecule has 1 aromatic heterocycles. The molecule has 6 nitrogen and oxygen atoms in total. The third-order valence-corrected chi connectivity index (χ3v) is 3.31. The molecule has 1 heterocycles. The van der Waals surface area contributed by atoms with Crippen molar-refractivity contribution >= 4 is 11.8 Å². The largest absolute Gasteiger partial charge is 0.459 e. The molecular weight excluding hydrogens is 248 g/mol. The Morgan fingerprint density at radius 3 is 2.84 bits per heavy atom. The quantitative estimate of drug-likeness (QED) is 0.799. The van der Waals surface area contributed by atoms with E-state index in [4.69, 9.17) is 4.42 Å². The van der Waals surface area contributed by atoms with Crippen LogP contribution in [0.1, 0.15) is 23.4 Å². The molecule has 0 aliphatic heterocycles. The maximum absolute atomic E-state index is 11.8. The second-order valence-corrected chi connectivity index (χ2v) is 4.93. The van der Waals surface area contributed by atoms with Crippen LogP contribution in [0.25, 0.3) is 0 Å². The number of hydrogen-bond donors (Lipinski definition) is 2. The molecule has 1 aliphatic carbocycles. The van der Waals surface area contributed by atoms with Gasteiger partial charge in [-0.25, -0.2) is 0 Å². The molecule has 0 radical (unpaired) electrons. The van der Waals surface area contributed by atoms with Crippen LogP contribution in [0, 0.1) is 5.92 Å². The zero-order valence-corrected chi connectivity index (χ0v) is 10.8.